The number of hydrogen-bond donors (Lipinski definition) is 3. The van der Waals surface area contributed by atoms with Gasteiger partial charge in [0, 0.05) is 24.3 Å². The lowest BCUT2D eigenvalue weighted by Crippen LogP contribution is -2.29. The summed E-state index contributed by atoms with van der Waals surface area (Å²) < 4.78 is 16.6. The molecule has 1 aromatic carbocycles. The highest BCUT2D eigenvalue weighted by Crippen LogP contribution is 2.37. The minimum Gasteiger partial charge on any atom is -0.446 e. The summed E-state index contributed by atoms with van der Waals surface area (Å²) >= 11 is 1.01. The smallest absolute Gasteiger partial charge is 0.391 e. The van der Waals surface area contributed by atoms with Crippen molar-refractivity contribution in [3.63, 3.8) is 0 Å². The Hall–Kier alpha value is -2.45. The first-order chi connectivity index (χ1) is 13.8. The Morgan fingerprint density at radius 2 is 1.79 bits per heavy atom. The number of carbonyl (C=O) groups excluding carboxylic acids is 1. The van der Waals surface area contributed by atoms with E-state index in [1.54, 1.807) is 12.1 Å². The zero-order valence-electron chi connectivity index (χ0n) is 15.4. The molecule has 0 amide bonds. The van der Waals surface area contributed by atoms with Gasteiger partial charge in [0.05, 0.1) is 0 Å². The molecule has 0 atom stereocenters. The maximum Gasteiger partial charge on any atom is 0.391 e. The van der Waals surface area contributed by atoms with Crippen LogP contribution in [0.1, 0.15) is 34.5 Å². The Bertz CT molecular complexity index is 1080. The van der Waals surface area contributed by atoms with E-state index >= 15 is 0 Å². The summed E-state index contributed by atoms with van der Waals surface area (Å²) in [7, 11) is -4.54. The zero-order chi connectivity index (χ0) is 20.6. The maximum absolute atomic E-state index is 13.1. The molecule has 1 fully saturated rings. The average Bonchev–Trinajstić information content (AvgIpc) is 3.35. The largest absolute Gasteiger partial charge is 0.446 e. The van der Waals surface area contributed by atoms with Crippen LogP contribution in [0, 0.1) is 0 Å². The molecule has 0 spiro atoms. The van der Waals surface area contributed by atoms with Gasteiger partial charge in [-0.15, -0.1) is 0 Å². The molecular formula is C19H20N3O5PS. The van der Waals surface area contributed by atoms with Crippen LogP contribution in [0.3, 0.4) is 0 Å². The first-order valence-electron chi connectivity index (χ1n) is 9.15. The van der Waals surface area contributed by atoms with Crippen LogP contribution in [0.2, 0.25) is 0 Å². The van der Waals surface area contributed by atoms with Crippen LogP contribution in [-0.2, 0) is 4.57 Å². The molecule has 3 heterocycles. The molecule has 0 bridgehead atoms. The van der Waals surface area contributed by atoms with Gasteiger partial charge >= 0.3 is 7.60 Å². The summed E-state index contributed by atoms with van der Waals surface area (Å²) in [5, 5.41) is 0.169. The predicted molar refractivity (Wildman–Crippen MR) is 112 cm³/mol. The Morgan fingerprint density at radius 3 is 2.41 bits per heavy atom. The lowest BCUT2D eigenvalue weighted by atomic mass is 10.1. The van der Waals surface area contributed by atoms with Gasteiger partial charge in [-0.05, 0) is 55.7 Å². The van der Waals surface area contributed by atoms with Gasteiger partial charge in [0.2, 0.25) is 11.3 Å². The molecule has 0 saturated carbocycles. The SMILES string of the molecule is Nc1nc(-c2ccc(P(=O)(O)O)o2)c(C(=O)c2ccc(N3CCCCC3)cc2)s1. The molecule has 1 aliphatic heterocycles. The molecule has 4 N–H and O–H groups in total. The number of carbonyl (C=O) groups is 1. The highest BCUT2D eigenvalue weighted by atomic mass is 32.1. The molecule has 29 heavy (non-hydrogen) atoms. The van der Waals surface area contributed by atoms with Gasteiger partial charge in [0.1, 0.15) is 10.6 Å². The second-order valence-corrected chi connectivity index (χ2v) is 9.39. The van der Waals surface area contributed by atoms with E-state index in [-0.39, 0.29) is 27.2 Å². The van der Waals surface area contributed by atoms with Gasteiger partial charge in [-0.1, -0.05) is 11.3 Å². The van der Waals surface area contributed by atoms with E-state index in [2.05, 4.69) is 9.88 Å². The van der Waals surface area contributed by atoms with Crippen molar-refractivity contribution in [2.24, 2.45) is 0 Å². The van der Waals surface area contributed by atoms with Crippen molar-refractivity contribution in [2.45, 2.75) is 19.3 Å². The van der Waals surface area contributed by atoms with Crippen LogP contribution in [-0.4, -0.2) is 33.6 Å². The van der Waals surface area contributed by atoms with E-state index in [0.29, 0.717) is 5.56 Å². The van der Waals surface area contributed by atoms with E-state index in [0.717, 1.165) is 30.1 Å². The third kappa shape index (κ3) is 4.13. The van der Waals surface area contributed by atoms with E-state index in [1.807, 2.05) is 12.1 Å². The van der Waals surface area contributed by atoms with Crippen LogP contribution >= 0.6 is 18.9 Å². The van der Waals surface area contributed by atoms with Gasteiger partial charge in [0.25, 0.3) is 0 Å². The standard InChI is InChI=1S/C19H20N3O5PS/c20-19-21-16(14-8-9-15(27-14)28(24,25)26)18(29-19)17(23)12-4-6-13(7-5-12)22-10-2-1-3-11-22/h4-9H,1-3,10-11H2,(H2,20,21)(H2,24,25,26). The van der Waals surface area contributed by atoms with Crippen molar-refractivity contribution >= 4 is 41.0 Å². The van der Waals surface area contributed by atoms with Crippen molar-refractivity contribution in [1.29, 1.82) is 0 Å². The fourth-order valence-electron chi connectivity index (χ4n) is 3.38. The van der Waals surface area contributed by atoms with Crippen LogP contribution in [0.5, 0.6) is 0 Å². The first kappa shape index (κ1) is 19.8. The van der Waals surface area contributed by atoms with E-state index in [4.69, 9.17) is 10.2 Å². The van der Waals surface area contributed by atoms with Crippen LogP contribution in [0.4, 0.5) is 10.8 Å². The third-order valence-electron chi connectivity index (χ3n) is 4.81. The topological polar surface area (TPSA) is 130 Å². The normalized spacial score (nSPS) is 14.9. The summed E-state index contributed by atoms with van der Waals surface area (Å²) in [6.45, 7) is 2.03. The number of nitrogens with two attached hydrogens (primary N) is 1. The molecule has 0 unspecified atom stereocenters. The number of nitrogens with zero attached hydrogens (tertiary/aromatic N) is 2. The fraction of sp³-hybridized carbons (Fsp3) is 0.263. The molecule has 2 aromatic heterocycles. The van der Waals surface area contributed by atoms with Crippen LogP contribution in [0.15, 0.2) is 40.8 Å². The number of piperidine rings is 1. The van der Waals surface area contributed by atoms with Crippen molar-refractivity contribution in [1.82, 2.24) is 4.98 Å². The summed E-state index contributed by atoms with van der Waals surface area (Å²) in [5.41, 5.74) is 7.06. The highest BCUT2D eigenvalue weighted by Gasteiger charge is 2.26. The molecule has 0 aliphatic carbocycles. The molecule has 10 heteroatoms. The average molecular weight is 433 g/mol. The number of anilines is 2. The summed E-state index contributed by atoms with van der Waals surface area (Å²) in [6.07, 6.45) is 3.59. The van der Waals surface area contributed by atoms with Crippen molar-refractivity contribution in [3.05, 3.63) is 46.8 Å². The number of aromatic nitrogens is 1. The van der Waals surface area contributed by atoms with Crippen LogP contribution in [0.25, 0.3) is 11.5 Å². The minimum absolute atomic E-state index is 0.0876. The monoisotopic (exact) mass is 433 g/mol. The second-order valence-electron chi connectivity index (χ2n) is 6.84. The lowest BCUT2D eigenvalue weighted by molar-refractivity contribution is 0.104. The minimum atomic E-state index is -4.54. The molecule has 1 saturated heterocycles. The summed E-state index contributed by atoms with van der Waals surface area (Å²) in [4.78, 5) is 38.3. The predicted octanol–water partition coefficient (Wildman–Crippen LogP) is 3.01. The highest BCUT2D eigenvalue weighted by molar-refractivity contribution is 7.59. The molecular weight excluding hydrogens is 413 g/mol. The Labute approximate surface area is 171 Å². The first-order valence-corrected chi connectivity index (χ1v) is 11.6. The van der Waals surface area contributed by atoms with Crippen molar-refractivity contribution in [2.75, 3.05) is 23.7 Å². The van der Waals surface area contributed by atoms with Gasteiger partial charge < -0.3 is 24.8 Å². The molecule has 0 radical (unpaired) electrons. The van der Waals surface area contributed by atoms with Gasteiger partial charge in [-0.25, -0.2) is 4.98 Å². The number of hydrogen-bond acceptors (Lipinski definition) is 7. The number of thiazole rings is 1. The lowest BCUT2D eigenvalue weighted by Gasteiger charge is -2.28. The second kappa shape index (κ2) is 7.76. The maximum atomic E-state index is 13.1. The zero-order valence-corrected chi connectivity index (χ0v) is 17.2. The Kier molecular flexibility index (Phi) is 5.31. The number of ketones is 1. The third-order valence-corrected chi connectivity index (χ3v) is 6.51. The number of nitrogen functional groups attached to an aromatic ring is 1. The number of benzene rings is 1. The quantitative estimate of drug-likeness (QED) is 0.414. The number of furan rings is 1. The molecule has 3 aromatic rings. The number of rotatable bonds is 5. The van der Waals surface area contributed by atoms with Crippen molar-refractivity contribution < 1.29 is 23.6 Å². The van der Waals surface area contributed by atoms with E-state index < -0.39 is 13.1 Å². The van der Waals surface area contributed by atoms with E-state index in [1.165, 1.54) is 31.4 Å². The summed E-state index contributed by atoms with van der Waals surface area (Å²) in [5.74, 6) is -0.182. The molecule has 4 rings (SSSR count). The summed E-state index contributed by atoms with van der Waals surface area (Å²) in [6, 6.07) is 9.96. The van der Waals surface area contributed by atoms with Crippen molar-refractivity contribution in [3.8, 4) is 11.5 Å². The van der Waals surface area contributed by atoms with Gasteiger partial charge in [-0.3, -0.25) is 9.36 Å². The fourth-order valence-corrected chi connectivity index (χ4v) is 4.66. The molecule has 1 aliphatic rings. The van der Waals surface area contributed by atoms with E-state index in [9.17, 15) is 19.1 Å². The Balaban J connectivity index is 1.62. The van der Waals surface area contributed by atoms with Gasteiger partial charge in [0.15, 0.2) is 10.9 Å². The van der Waals surface area contributed by atoms with Crippen LogP contribution < -0.4 is 16.1 Å². The molecule has 152 valence electrons. The molecule has 8 nitrogen and oxygen atoms in total. The Morgan fingerprint density at radius 1 is 1.10 bits per heavy atom. The van der Waals surface area contributed by atoms with Gasteiger partial charge in [-0.2, -0.15) is 0 Å².